The van der Waals surface area contributed by atoms with E-state index in [1.54, 1.807) is 7.11 Å². The van der Waals surface area contributed by atoms with Crippen molar-refractivity contribution in [2.75, 3.05) is 61.2 Å². The van der Waals surface area contributed by atoms with E-state index in [2.05, 4.69) is 19.1 Å². The number of nitrogens with zero attached hydrogens (tertiary/aromatic N) is 1. The van der Waals surface area contributed by atoms with E-state index in [4.69, 9.17) is 18.5 Å². The predicted octanol–water partition coefficient (Wildman–Crippen LogP) is 4.45. The summed E-state index contributed by atoms with van der Waals surface area (Å²) in [7, 11) is 2.99. The predicted molar refractivity (Wildman–Crippen MR) is 136 cm³/mol. The van der Waals surface area contributed by atoms with Crippen LogP contribution in [-0.2, 0) is 23.1 Å². The summed E-state index contributed by atoms with van der Waals surface area (Å²) in [6.07, 6.45) is 16.9. The first kappa shape index (κ1) is 33.7. The van der Waals surface area contributed by atoms with Crippen molar-refractivity contribution in [1.82, 2.24) is 0 Å². The molecule has 0 bridgehead atoms. The van der Waals surface area contributed by atoms with Gasteiger partial charge in [0.2, 0.25) is 0 Å². The SMILES string of the molecule is CCCCCCCCCCCC=CCC(COC[C@H](O)COP(=O)([O-])OCC[N+](C)(C)C)OC. The van der Waals surface area contributed by atoms with Gasteiger partial charge in [0, 0.05) is 7.11 Å². The molecule has 0 aromatic carbocycles. The van der Waals surface area contributed by atoms with Crippen LogP contribution in [-0.4, -0.2) is 83.0 Å². The van der Waals surface area contributed by atoms with Crippen LogP contribution in [0.5, 0.6) is 0 Å². The van der Waals surface area contributed by atoms with Crippen LogP contribution in [0.4, 0.5) is 0 Å². The van der Waals surface area contributed by atoms with E-state index >= 15 is 0 Å². The van der Waals surface area contributed by atoms with Gasteiger partial charge >= 0.3 is 0 Å². The van der Waals surface area contributed by atoms with Gasteiger partial charge in [-0.2, -0.15) is 0 Å². The van der Waals surface area contributed by atoms with E-state index in [-0.39, 0.29) is 19.3 Å². The number of likely N-dealkylation sites (N-methyl/N-ethyl adjacent to an activating group) is 1. The molecule has 0 aliphatic heterocycles. The molecule has 0 rings (SSSR count). The molecule has 3 atom stereocenters. The molecule has 1 N–H and O–H groups in total. The monoisotopic (exact) mass is 509 g/mol. The second-order valence-corrected chi connectivity index (χ2v) is 11.4. The third-order valence-corrected chi connectivity index (χ3v) is 6.39. The first-order chi connectivity index (χ1) is 16.1. The number of unbranched alkanes of at least 4 members (excludes halogenated alkanes) is 9. The summed E-state index contributed by atoms with van der Waals surface area (Å²) in [5, 5.41) is 9.92. The molecule has 2 unspecified atom stereocenters. The van der Waals surface area contributed by atoms with Crippen molar-refractivity contribution in [1.29, 1.82) is 0 Å². The maximum Gasteiger partial charge on any atom is 0.268 e. The molecule has 0 saturated heterocycles. The average Bonchev–Trinajstić information content (AvgIpc) is 2.76. The van der Waals surface area contributed by atoms with Gasteiger partial charge in [0.25, 0.3) is 7.82 Å². The summed E-state index contributed by atoms with van der Waals surface area (Å²) in [5.74, 6) is 0. The lowest BCUT2D eigenvalue weighted by Crippen LogP contribution is -2.37. The highest BCUT2D eigenvalue weighted by atomic mass is 31.2. The fourth-order valence-corrected chi connectivity index (χ4v) is 3.93. The van der Waals surface area contributed by atoms with Crippen LogP contribution >= 0.6 is 7.82 Å². The molecule has 9 heteroatoms. The van der Waals surface area contributed by atoms with E-state index in [9.17, 15) is 14.6 Å². The van der Waals surface area contributed by atoms with Crippen molar-refractivity contribution in [2.24, 2.45) is 0 Å². The van der Waals surface area contributed by atoms with Gasteiger partial charge in [0.05, 0.1) is 47.1 Å². The Morgan fingerprint density at radius 2 is 1.53 bits per heavy atom. The maximum atomic E-state index is 11.7. The third-order valence-electron chi connectivity index (χ3n) is 5.42. The number of quaternary nitrogens is 1. The number of hydrogen-bond donors (Lipinski definition) is 1. The lowest BCUT2D eigenvalue weighted by Gasteiger charge is -2.27. The molecule has 0 aliphatic rings. The van der Waals surface area contributed by atoms with Gasteiger partial charge in [-0.05, 0) is 19.3 Å². The summed E-state index contributed by atoms with van der Waals surface area (Å²) in [4.78, 5) is 11.7. The molecule has 34 heavy (non-hydrogen) atoms. The van der Waals surface area contributed by atoms with Gasteiger partial charge in [-0.3, -0.25) is 4.57 Å². The topological polar surface area (TPSA) is 97.3 Å². The van der Waals surface area contributed by atoms with Gasteiger partial charge in [-0.25, -0.2) is 0 Å². The Bertz CT molecular complexity index is 540. The van der Waals surface area contributed by atoms with Crippen LogP contribution in [0.2, 0.25) is 0 Å². The zero-order chi connectivity index (χ0) is 25.7. The number of rotatable bonds is 24. The summed E-state index contributed by atoms with van der Waals surface area (Å²) in [6.45, 7) is 2.67. The molecule has 0 amide bonds. The zero-order valence-electron chi connectivity index (χ0n) is 22.4. The number of allylic oxidation sites excluding steroid dienone is 1. The first-order valence-corrected chi connectivity index (χ1v) is 14.4. The Labute approximate surface area is 208 Å². The number of methoxy groups -OCH3 is 1. The van der Waals surface area contributed by atoms with E-state index in [1.807, 2.05) is 21.1 Å². The number of aliphatic hydroxyl groups excluding tert-OH is 1. The lowest BCUT2D eigenvalue weighted by molar-refractivity contribution is -0.870. The Balaban J connectivity index is 3.80. The van der Waals surface area contributed by atoms with E-state index in [0.717, 1.165) is 12.8 Å². The average molecular weight is 510 g/mol. The van der Waals surface area contributed by atoms with Gasteiger partial charge < -0.3 is 33.0 Å². The molecule has 0 spiro atoms. The molecular formula is C25H52NO7P. The molecule has 0 aromatic rings. The minimum Gasteiger partial charge on any atom is -0.756 e. The first-order valence-electron chi connectivity index (χ1n) is 12.9. The Kier molecular flexibility index (Phi) is 20.6. The van der Waals surface area contributed by atoms with Crippen molar-refractivity contribution < 1.29 is 37.6 Å². The fraction of sp³-hybridized carbons (Fsp3) is 0.920. The number of ether oxygens (including phenoxy) is 2. The zero-order valence-corrected chi connectivity index (χ0v) is 23.3. The van der Waals surface area contributed by atoms with E-state index in [1.165, 1.54) is 57.8 Å². The number of phosphoric acid groups is 1. The largest absolute Gasteiger partial charge is 0.756 e. The normalized spacial score (nSPS) is 16.1. The van der Waals surface area contributed by atoms with E-state index < -0.39 is 20.5 Å². The molecule has 0 aliphatic carbocycles. The van der Waals surface area contributed by atoms with Gasteiger partial charge in [0.15, 0.2) is 0 Å². The molecule has 0 aromatic heterocycles. The summed E-state index contributed by atoms with van der Waals surface area (Å²) in [6, 6.07) is 0. The molecule has 8 nitrogen and oxygen atoms in total. The molecular weight excluding hydrogens is 457 g/mol. The third kappa shape index (κ3) is 23.4. The van der Waals surface area contributed by atoms with Crippen molar-refractivity contribution in [3.8, 4) is 0 Å². The lowest BCUT2D eigenvalue weighted by atomic mass is 10.1. The smallest absolute Gasteiger partial charge is 0.268 e. The van der Waals surface area contributed by atoms with Crippen LogP contribution in [0.25, 0.3) is 0 Å². The number of aliphatic hydroxyl groups is 1. The Hall–Kier alpha value is -0.310. The Morgan fingerprint density at radius 3 is 2.12 bits per heavy atom. The van der Waals surface area contributed by atoms with Crippen LogP contribution in [0, 0.1) is 0 Å². The highest BCUT2D eigenvalue weighted by Gasteiger charge is 2.16. The highest BCUT2D eigenvalue weighted by molar-refractivity contribution is 7.45. The quantitative estimate of drug-likeness (QED) is 0.0888. The summed E-state index contributed by atoms with van der Waals surface area (Å²) < 4.78 is 32.7. The fourth-order valence-electron chi connectivity index (χ4n) is 3.20. The number of phosphoric ester groups is 1. The summed E-state index contributed by atoms with van der Waals surface area (Å²) >= 11 is 0. The van der Waals surface area contributed by atoms with Gasteiger partial charge in [-0.1, -0.05) is 70.4 Å². The van der Waals surface area contributed by atoms with Gasteiger partial charge in [-0.15, -0.1) is 0 Å². The molecule has 204 valence electrons. The van der Waals surface area contributed by atoms with Crippen LogP contribution in [0.15, 0.2) is 12.2 Å². The highest BCUT2D eigenvalue weighted by Crippen LogP contribution is 2.38. The van der Waals surface area contributed by atoms with Gasteiger partial charge in [0.1, 0.15) is 19.3 Å². The minimum absolute atomic E-state index is 0.0268. The Morgan fingerprint density at radius 1 is 0.912 bits per heavy atom. The van der Waals surface area contributed by atoms with Crippen molar-refractivity contribution in [3.05, 3.63) is 12.2 Å². The van der Waals surface area contributed by atoms with Crippen LogP contribution < -0.4 is 4.89 Å². The second kappa shape index (κ2) is 20.8. The van der Waals surface area contributed by atoms with E-state index in [0.29, 0.717) is 17.6 Å². The second-order valence-electron chi connectivity index (χ2n) is 9.96. The molecule has 0 fully saturated rings. The summed E-state index contributed by atoms with van der Waals surface area (Å²) in [5.41, 5.74) is 0. The van der Waals surface area contributed by atoms with Crippen LogP contribution in [0.3, 0.4) is 0 Å². The van der Waals surface area contributed by atoms with Crippen LogP contribution in [0.1, 0.15) is 77.6 Å². The maximum absolute atomic E-state index is 11.7. The molecule has 0 heterocycles. The minimum atomic E-state index is -4.44. The standard InChI is InChI=1S/C25H52NO7P/c1-6-7-8-9-10-11-12-13-14-15-16-17-18-25(30-5)23-31-21-24(27)22-33-34(28,29)32-20-19-26(2,3)4/h16-17,24-25,27H,6-15,18-23H2,1-5H3/t24-,25?/m0/s1. The number of hydrogen-bond acceptors (Lipinski definition) is 7. The molecule has 0 radical (unpaired) electrons. The molecule has 0 saturated carbocycles. The van der Waals surface area contributed by atoms with Crippen molar-refractivity contribution in [2.45, 2.75) is 89.8 Å². The van der Waals surface area contributed by atoms with Crippen molar-refractivity contribution in [3.63, 3.8) is 0 Å². The van der Waals surface area contributed by atoms with Crippen molar-refractivity contribution >= 4 is 7.82 Å².